The summed E-state index contributed by atoms with van der Waals surface area (Å²) in [6.45, 7) is 1.84. The highest BCUT2D eigenvalue weighted by molar-refractivity contribution is 6.31. The van der Waals surface area contributed by atoms with Crippen molar-refractivity contribution in [1.29, 1.82) is 0 Å². The Bertz CT molecular complexity index is 822. The zero-order valence-electron chi connectivity index (χ0n) is 12.9. The van der Waals surface area contributed by atoms with Crippen molar-refractivity contribution in [1.82, 2.24) is 0 Å². The highest BCUT2D eigenvalue weighted by atomic mass is 35.5. The van der Waals surface area contributed by atoms with Gasteiger partial charge in [-0.15, -0.1) is 0 Å². The van der Waals surface area contributed by atoms with Gasteiger partial charge in [-0.1, -0.05) is 17.7 Å². The molecule has 1 heterocycles. The van der Waals surface area contributed by atoms with E-state index in [0.717, 1.165) is 5.56 Å². The van der Waals surface area contributed by atoms with Crippen LogP contribution in [0.25, 0.3) is 0 Å². The van der Waals surface area contributed by atoms with Crippen LogP contribution in [0.2, 0.25) is 5.02 Å². The van der Waals surface area contributed by atoms with Crippen molar-refractivity contribution >= 4 is 34.9 Å². The number of fused-ring (bicyclic) bond motifs is 1. The van der Waals surface area contributed by atoms with Crippen LogP contribution in [0.15, 0.2) is 36.4 Å². The molecule has 2 N–H and O–H groups in total. The molecule has 3 rings (SSSR count). The van der Waals surface area contributed by atoms with Crippen LogP contribution in [0.3, 0.4) is 0 Å². The molecule has 2 aromatic rings. The Morgan fingerprint density at radius 2 is 2.12 bits per heavy atom. The first-order chi connectivity index (χ1) is 11.4. The van der Waals surface area contributed by atoms with Gasteiger partial charge in [0.25, 0.3) is 0 Å². The number of carbonyl (C=O) groups excluding carboxylic acids is 2. The van der Waals surface area contributed by atoms with Crippen LogP contribution in [0.4, 0.5) is 11.4 Å². The highest BCUT2D eigenvalue weighted by Crippen LogP contribution is 2.33. The van der Waals surface area contributed by atoms with E-state index in [-0.39, 0.29) is 30.4 Å². The maximum atomic E-state index is 12.3. The highest BCUT2D eigenvalue weighted by Gasteiger charge is 2.26. The molecule has 24 heavy (non-hydrogen) atoms. The summed E-state index contributed by atoms with van der Waals surface area (Å²) >= 11 is 5.86. The molecule has 0 saturated carbocycles. The average molecular weight is 347 g/mol. The fourth-order valence-corrected chi connectivity index (χ4v) is 2.64. The Morgan fingerprint density at radius 1 is 1.33 bits per heavy atom. The van der Waals surface area contributed by atoms with Crippen LogP contribution < -0.4 is 15.0 Å². The number of esters is 1. The van der Waals surface area contributed by atoms with Crippen LogP contribution in [-0.4, -0.2) is 30.1 Å². The minimum atomic E-state index is -0.426. The molecule has 0 spiro atoms. The topological polar surface area (TPSA) is 78.9 Å². The van der Waals surface area contributed by atoms with Crippen LogP contribution in [0.5, 0.6) is 11.5 Å². The Morgan fingerprint density at radius 3 is 2.92 bits per heavy atom. The summed E-state index contributed by atoms with van der Waals surface area (Å²) in [6, 6.07) is 9.76. The number of benzene rings is 2. The minimum Gasteiger partial charge on any atom is -0.506 e. The van der Waals surface area contributed by atoms with E-state index in [4.69, 9.17) is 16.3 Å². The van der Waals surface area contributed by atoms with Crippen LogP contribution in [-0.2, 0) is 9.59 Å². The third kappa shape index (κ3) is 3.44. The Balaban J connectivity index is 1.78. The number of rotatable bonds is 3. The van der Waals surface area contributed by atoms with E-state index in [1.807, 2.05) is 19.1 Å². The third-order valence-electron chi connectivity index (χ3n) is 3.57. The number of aryl methyl sites for hydroxylation is 1. The van der Waals surface area contributed by atoms with Crippen molar-refractivity contribution in [2.75, 3.05) is 23.3 Å². The van der Waals surface area contributed by atoms with Gasteiger partial charge in [0.2, 0.25) is 5.91 Å². The van der Waals surface area contributed by atoms with Gasteiger partial charge in [0.15, 0.2) is 5.75 Å². The van der Waals surface area contributed by atoms with Gasteiger partial charge in [-0.05, 0) is 42.8 Å². The number of halogens is 1. The number of nitrogens with zero attached hydrogens (tertiary/aromatic N) is 1. The molecule has 0 unspecified atom stereocenters. The van der Waals surface area contributed by atoms with Gasteiger partial charge in [0.05, 0.1) is 17.9 Å². The van der Waals surface area contributed by atoms with Crippen molar-refractivity contribution in [3.63, 3.8) is 0 Å². The first kappa shape index (κ1) is 16.1. The van der Waals surface area contributed by atoms with Crippen molar-refractivity contribution in [3.05, 3.63) is 47.0 Å². The van der Waals surface area contributed by atoms with E-state index < -0.39 is 5.97 Å². The van der Waals surface area contributed by atoms with Gasteiger partial charge >= 0.3 is 5.97 Å². The molecule has 6 nitrogen and oxygen atoms in total. The number of anilines is 2. The maximum Gasteiger partial charge on any atom is 0.331 e. The Hall–Kier alpha value is -2.73. The fourth-order valence-electron chi connectivity index (χ4n) is 2.47. The van der Waals surface area contributed by atoms with E-state index in [1.165, 1.54) is 18.2 Å². The van der Waals surface area contributed by atoms with Gasteiger partial charge in [0, 0.05) is 5.02 Å². The van der Waals surface area contributed by atoms with Crippen LogP contribution in [0, 0.1) is 6.92 Å². The normalized spacial score (nSPS) is 13.2. The van der Waals surface area contributed by atoms with Gasteiger partial charge in [0.1, 0.15) is 12.3 Å². The van der Waals surface area contributed by atoms with Gasteiger partial charge in [-0.3, -0.25) is 4.79 Å². The molecule has 124 valence electrons. The minimum absolute atomic E-state index is 0.0224. The van der Waals surface area contributed by atoms with Gasteiger partial charge in [-0.25, -0.2) is 4.79 Å². The number of hydrogen-bond donors (Lipinski definition) is 2. The van der Waals surface area contributed by atoms with E-state index in [0.29, 0.717) is 16.5 Å². The van der Waals surface area contributed by atoms with Gasteiger partial charge in [-0.2, -0.15) is 0 Å². The molecule has 0 aliphatic carbocycles. The average Bonchev–Trinajstić information content (AvgIpc) is 2.51. The first-order valence-corrected chi connectivity index (χ1v) is 7.65. The summed E-state index contributed by atoms with van der Waals surface area (Å²) in [7, 11) is 0. The number of hydrogen-bond acceptors (Lipinski definition) is 5. The number of aromatic hydroxyl groups is 1. The molecule has 7 heteroatoms. The second-order valence-electron chi connectivity index (χ2n) is 5.51. The molecule has 1 aliphatic heterocycles. The lowest BCUT2D eigenvalue weighted by Gasteiger charge is -2.29. The van der Waals surface area contributed by atoms with Crippen LogP contribution in [0.1, 0.15) is 5.56 Å². The summed E-state index contributed by atoms with van der Waals surface area (Å²) in [5, 5.41) is 12.8. The third-order valence-corrected chi connectivity index (χ3v) is 3.80. The molecule has 0 saturated heterocycles. The second kappa shape index (κ2) is 6.41. The lowest BCUT2D eigenvalue weighted by molar-refractivity contribution is -0.133. The van der Waals surface area contributed by atoms with Crippen molar-refractivity contribution in [3.8, 4) is 11.5 Å². The number of nitrogens with one attached hydrogen (secondary N) is 1. The largest absolute Gasteiger partial charge is 0.506 e. The molecular weight excluding hydrogens is 332 g/mol. The second-order valence-corrected chi connectivity index (χ2v) is 5.95. The van der Waals surface area contributed by atoms with Crippen LogP contribution >= 0.6 is 11.6 Å². The smallest absolute Gasteiger partial charge is 0.331 e. The summed E-state index contributed by atoms with van der Waals surface area (Å²) in [5.41, 5.74) is 1.89. The predicted octanol–water partition coefficient (Wildman–Crippen LogP) is 2.72. The molecule has 0 aromatic heterocycles. The fraction of sp³-hybridized carbons (Fsp3) is 0.176. The molecule has 1 aliphatic rings. The number of amides is 1. The SMILES string of the molecule is Cc1ccc2c(c1)N(CC(=O)Nc1cc(Cl)ccc1O)CC(=O)O2. The molecule has 0 radical (unpaired) electrons. The monoisotopic (exact) mass is 346 g/mol. The number of phenols is 1. The quantitative estimate of drug-likeness (QED) is 0.507. The molecule has 0 fully saturated rings. The maximum absolute atomic E-state index is 12.3. The lowest BCUT2D eigenvalue weighted by atomic mass is 10.1. The number of ether oxygens (including phenoxy) is 1. The predicted molar refractivity (Wildman–Crippen MR) is 90.8 cm³/mol. The van der Waals surface area contributed by atoms with E-state index in [9.17, 15) is 14.7 Å². The Kier molecular flexibility index (Phi) is 4.31. The zero-order chi connectivity index (χ0) is 17.3. The molecule has 1 amide bonds. The lowest BCUT2D eigenvalue weighted by Crippen LogP contribution is -2.41. The molecule has 0 atom stereocenters. The van der Waals surface area contributed by atoms with Crippen molar-refractivity contribution in [2.45, 2.75) is 6.92 Å². The van der Waals surface area contributed by atoms with Crippen molar-refractivity contribution < 1.29 is 19.4 Å². The van der Waals surface area contributed by atoms with E-state index >= 15 is 0 Å². The van der Waals surface area contributed by atoms with Crippen molar-refractivity contribution in [2.24, 2.45) is 0 Å². The standard InChI is InChI=1S/C17H15ClN2O4/c1-10-2-5-15-13(6-10)20(9-17(23)24-15)8-16(22)19-12-7-11(18)3-4-14(12)21/h2-7,21H,8-9H2,1H3,(H,19,22). The van der Waals surface area contributed by atoms with E-state index in [2.05, 4.69) is 5.32 Å². The molecular formula is C17H15ClN2O4. The Labute approximate surface area is 143 Å². The molecule has 2 aromatic carbocycles. The number of carbonyl (C=O) groups is 2. The van der Waals surface area contributed by atoms with Gasteiger partial charge < -0.3 is 20.1 Å². The van der Waals surface area contributed by atoms with E-state index in [1.54, 1.807) is 11.0 Å². The summed E-state index contributed by atoms with van der Waals surface area (Å²) < 4.78 is 5.18. The number of phenolic OH excluding ortho intramolecular Hbond substituents is 1. The first-order valence-electron chi connectivity index (χ1n) is 7.27. The summed E-state index contributed by atoms with van der Waals surface area (Å²) in [4.78, 5) is 25.6. The molecule has 0 bridgehead atoms. The summed E-state index contributed by atoms with van der Waals surface area (Å²) in [6.07, 6.45) is 0. The summed E-state index contributed by atoms with van der Waals surface area (Å²) in [5.74, 6) is -0.461. The zero-order valence-corrected chi connectivity index (χ0v) is 13.6.